The smallest absolute Gasteiger partial charge is 0.269 e. The molecule has 4 rings (SSSR count). The molecule has 8 nitrogen and oxygen atoms in total. The summed E-state index contributed by atoms with van der Waals surface area (Å²) in [5.74, 6) is -1.81. The molecule has 0 bridgehead atoms. The van der Waals surface area contributed by atoms with Crippen molar-refractivity contribution in [2.75, 3.05) is 6.54 Å². The Morgan fingerprint density at radius 3 is 2.23 bits per heavy atom. The summed E-state index contributed by atoms with van der Waals surface area (Å²) in [6.07, 6.45) is 0.886. The molecule has 0 aromatic heterocycles. The Bertz CT molecular complexity index is 1460. The molecular weight excluding hydrogens is 538 g/mol. The summed E-state index contributed by atoms with van der Waals surface area (Å²) in [7, 11) is -4.21. The molecule has 0 spiro atoms. The number of rotatable bonds is 10. The van der Waals surface area contributed by atoms with Crippen LogP contribution in [0.3, 0.4) is 0 Å². The van der Waals surface area contributed by atoms with E-state index in [1.165, 1.54) is 23.1 Å². The lowest BCUT2D eigenvalue weighted by Gasteiger charge is -2.33. The standard InChI is InChI=1S/C29H30ClN3O5S/c1-3-20(2)31-28(35)25(17-21-9-5-4-6-10-21)32(18-22-13-15-23(30)16-14-22)27(34)19-33-29(36)24-11-7-8-12-26(24)39(33,37)38/h4-16,20,25H,3,17-19H2,1-2H3,(H,31,35)/t20-,25-/m0/s1. The second-order valence-electron chi connectivity index (χ2n) is 9.48. The molecule has 204 valence electrons. The molecule has 3 aromatic carbocycles. The summed E-state index contributed by atoms with van der Waals surface area (Å²) < 4.78 is 26.9. The first-order valence-corrected chi connectivity index (χ1v) is 14.5. The van der Waals surface area contributed by atoms with Crippen molar-refractivity contribution >= 4 is 39.3 Å². The van der Waals surface area contributed by atoms with Gasteiger partial charge in [-0.05, 0) is 48.7 Å². The number of hydrogen-bond donors (Lipinski definition) is 1. The van der Waals surface area contributed by atoms with E-state index in [1.807, 2.05) is 44.2 Å². The average Bonchev–Trinajstić information content (AvgIpc) is 3.12. The quantitative estimate of drug-likeness (QED) is 0.398. The van der Waals surface area contributed by atoms with Gasteiger partial charge >= 0.3 is 0 Å². The maximum Gasteiger partial charge on any atom is 0.269 e. The molecule has 0 fully saturated rings. The number of sulfonamides is 1. The zero-order chi connectivity index (χ0) is 28.2. The normalized spacial score (nSPS) is 15.4. The van der Waals surface area contributed by atoms with Crippen molar-refractivity contribution in [2.45, 2.75) is 50.2 Å². The molecule has 1 aliphatic heterocycles. The van der Waals surface area contributed by atoms with Crippen LogP contribution in [-0.4, -0.2) is 54.0 Å². The number of amides is 3. The number of fused-ring (bicyclic) bond motifs is 1. The molecule has 0 saturated carbocycles. The summed E-state index contributed by atoms with van der Waals surface area (Å²) in [6, 6.07) is 20.8. The van der Waals surface area contributed by atoms with Gasteiger partial charge < -0.3 is 10.2 Å². The Labute approximate surface area is 233 Å². The minimum atomic E-state index is -4.21. The fourth-order valence-corrected chi connectivity index (χ4v) is 6.03. The van der Waals surface area contributed by atoms with Crippen LogP contribution in [0.5, 0.6) is 0 Å². The van der Waals surface area contributed by atoms with E-state index in [1.54, 1.807) is 30.3 Å². The third-order valence-electron chi connectivity index (χ3n) is 6.73. The van der Waals surface area contributed by atoms with Crippen LogP contribution >= 0.6 is 11.6 Å². The number of nitrogens with one attached hydrogen (secondary N) is 1. The van der Waals surface area contributed by atoms with Gasteiger partial charge in [0.05, 0.1) is 5.56 Å². The Morgan fingerprint density at radius 1 is 0.949 bits per heavy atom. The number of carbonyl (C=O) groups excluding carboxylic acids is 3. The van der Waals surface area contributed by atoms with Crippen molar-refractivity contribution < 1.29 is 22.8 Å². The molecule has 0 saturated heterocycles. The molecule has 0 radical (unpaired) electrons. The fourth-order valence-electron chi connectivity index (χ4n) is 4.38. The topological polar surface area (TPSA) is 104 Å². The minimum Gasteiger partial charge on any atom is -0.352 e. The van der Waals surface area contributed by atoms with Crippen molar-refractivity contribution in [3.05, 3.63) is 101 Å². The molecule has 2 atom stereocenters. The van der Waals surface area contributed by atoms with Crippen molar-refractivity contribution in [1.29, 1.82) is 0 Å². The second kappa shape index (κ2) is 12.0. The van der Waals surface area contributed by atoms with Gasteiger partial charge in [0.15, 0.2) is 0 Å². The molecule has 1 heterocycles. The summed E-state index contributed by atoms with van der Waals surface area (Å²) >= 11 is 6.05. The largest absolute Gasteiger partial charge is 0.352 e. The molecule has 3 amide bonds. The average molecular weight is 568 g/mol. The molecule has 39 heavy (non-hydrogen) atoms. The maximum atomic E-state index is 13.9. The zero-order valence-electron chi connectivity index (χ0n) is 21.7. The monoisotopic (exact) mass is 567 g/mol. The van der Waals surface area contributed by atoms with Gasteiger partial charge in [-0.15, -0.1) is 0 Å². The van der Waals surface area contributed by atoms with Gasteiger partial charge in [0.2, 0.25) is 11.8 Å². The predicted molar refractivity (Wildman–Crippen MR) is 148 cm³/mol. The van der Waals surface area contributed by atoms with Gasteiger partial charge in [-0.1, -0.05) is 73.1 Å². The van der Waals surface area contributed by atoms with Gasteiger partial charge in [-0.25, -0.2) is 12.7 Å². The van der Waals surface area contributed by atoms with E-state index in [9.17, 15) is 22.8 Å². The van der Waals surface area contributed by atoms with Crippen LogP contribution in [0.4, 0.5) is 0 Å². The van der Waals surface area contributed by atoms with E-state index in [2.05, 4.69) is 5.32 Å². The van der Waals surface area contributed by atoms with E-state index in [-0.39, 0.29) is 35.4 Å². The number of carbonyl (C=O) groups is 3. The van der Waals surface area contributed by atoms with E-state index in [4.69, 9.17) is 11.6 Å². The third kappa shape index (κ3) is 6.32. The van der Waals surface area contributed by atoms with Crippen molar-refractivity contribution in [3.8, 4) is 0 Å². The van der Waals surface area contributed by atoms with Crippen LogP contribution in [0.2, 0.25) is 5.02 Å². The lowest BCUT2D eigenvalue weighted by atomic mass is 10.0. The van der Waals surface area contributed by atoms with Crippen LogP contribution < -0.4 is 5.32 Å². The number of halogens is 1. The van der Waals surface area contributed by atoms with Crippen molar-refractivity contribution in [1.82, 2.24) is 14.5 Å². The van der Waals surface area contributed by atoms with Crippen LogP contribution in [0, 0.1) is 0 Å². The highest BCUT2D eigenvalue weighted by molar-refractivity contribution is 7.90. The summed E-state index contributed by atoms with van der Waals surface area (Å²) in [6.45, 7) is 3.09. The molecular formula is C29H30ClN3O5S. The van der Waals surface area contributed by atoms with Crippen LogP contribution in [0.1, 0.15) is 41.8 Å². The van der Waals surface area contributed by atoms with E-state index >= 15 is 0 Å². The van der Waals surface area contributed by atoms with Crippen molar-refractivity contribution in [2.24, 2.45) is 0 Å². The first kappa shape index (κ1) is 28.3. The Balaban J connectivity index is 1.71. The highest BCUT2D eigenvalue weighted by Crippen LogP contribution is 2.30. The first-order valence-electron chi connectivity index (χ1n) is 12.7. The van der Waals surface area contributed by atoms with E-state index < -0.39 is 34.4 Å². The lowest BCUT2D eigenvalue weighted by molar-refractivity contribution is -0.141. The minimum absolute atomic E-state index is 0.0104. The molecule has 0 aliphatic carbocycles. The molecule has 10 heteroatoms. The van der Waals surface area contributed by atoms with E-state index in [0.717, 1.165) is 5.56 Å². The Hall–Kier alpha value is -3.69. The number of nitrogens with zero attached hydrogens (tertiary/aromatic N) is 2. The van der Waals surface area contributed by atoms with E-state index in [0.29, 0.717) is 21.3 Å². The van der Waals surface area contributed by atoms with Crippen LogP contribution in [0.25, 0.3) is 0 Å². The SMILES string of the molecule is CC[C@H](C)NC(=O)[C@H](Cc1ccccc1)N(Cc1ccc(Cl)cc1)C(=O)CN1C(=O)c2ccccc2S1(=O)=O. The first-order chi connectivity index (χ1) is 18.6. The molecule has 1 N–H and O–H groups in total. The zero-order valence-corrected chi connectivity index (χ0v) is 23.3. The molecule has 3 aromatic rings. The summed E-state index contributed by atoms with van der Waals surface area (Å²) in [5.41, 5.74) is 1.54. The van der Waals surface area contributed by atoms with Crippen LogP contribution in [-0.2, 0) is 32.6 Å². The number of benzene rings is 3. The maximum absolute atomic E-state index is 13.9. The molecule has 0 unspecified atom stereocenters. The second-order valence-corrected chi connectivity index (χ2v) is 11.8. The molecule has 1 aliphatic rings. The highest BCUT2D eigenvalue weighted by atomic mass is 35.5. The fraction of sp³-hybridized carbons (Fsp3) is 0.276. The van der Waals surface area contributed by atoms with Gasteiger partial charge in [0.25, 0.3) is 15.9 Å². The number of hydrogen-bond acceptors (Lipinski definition) is 5. The Morgan fingerprint density at radius 2 is 1.59 bits per heavy atom. The lowest BCUT2D eigenvalue weighted by Crippen LogP contribution is -2.54. The van der Waals surface area contributed by atoms with Gasteiger partial charge in [-0.3, -0.25) is 14.4 Å². The van der Waals surface area contributed by atoms with Crippen molar-refractivity contribution in [3.63, 3.8) is 0 Å². The summed E-state index contributed by atoms with van der Waals surface area (Å²) in [4.78, 5) is 41.7. The third-order valence-corrected chi connectivity index (χ3v) is 8.77. The van der Waals surface area contributed by atoms with Gasteiger partial charge in [0.1, 0.15) is 17.5 Å². The predicted octanol–water partition coefficient (Wildman–Crippen LogP) is 4.04. The van der Waals surface area contributed by atoms with Gasteiger partial charge in [0, 0.05) is 24.0 Å². The summed E-state index contributed by atoms with van der Waals surface area (Å²) in [5, 5.41) is 3.47. The Kier molecular flexibility index (Phi) is 8.72. The van der Waals surface area contributed by atoms with Crippen LogP contribution in [0.15, 0.2) is 83.8 Å². The highest BCUT2D eigenvalue weighted by Gasteiger charge is 2.43. The van der Waals surface area contributed by atoms with Gasteiger partial charge in [-0.2, -0.15) is 0 Å².